The Hall–Kier alpha value is -1.78. The van der Waals surface area contributed by atoms with Gasteiger partial charge in [-0.1, -0.05) is 6.07 Å². The number of pyridine rings is 1. The fourth-order valence-electron chi connectivity index (χ4n) is 2.14. The Kier molecular flexibility index (Phi) is 7.15. The van der Waals surface area contributed by atoms with Crippen molar-refractivity contribution in [2.24, 2.45) is 4.99 Å². The van der Waals surface area contributed by atoms with E-state index in [0.29, 0.717) is 0 Å². The Bertz CT molecular complexity index is 540. The van der Waals surface area contributed by atoms with Crippen LogP contribution in [0.5, 0.6) is 0 Å². The SMILES string of the molecule is CCNC(=NCCCCn1c(C)cccc1=O)NC(C)(C)C. The predicted molar refractivity (Wildman–Crippen MR) is 93.5 cm³/mol. The molecule has 1 aromatic heterocycles. The number of nitrogens with zero attached hydrogens (tertiary/aromatic N) is 2. The molecule has 0 amide bonds. The lowest BCUT2D eigenvalue weighted by Gasteiger charge is -2.23. The molecule has 0 radical (unpaired) electrons. The van der Waals surface area contributed by atoms with Gasteiger partial charge in [-0.2, -0.15) is 0 Å². The minimum atomic E-state index is -0.00450. The zero-order valence-electron chi connectivity index (χ0n) is 14.6. The summed E-state index contributed by atoms with van der Waals surface area (Å²) in [5, 5.41) is 6.62. The highest BCUT2D eigenvalue weighted by atomic mass is 16.1. The summed E-state index contributed by atoms with van der Waals surface area (Å²) in [7, 11) is 0. The molecule has 22 heavy (non-hydrogen) atoms. The lowest BCUT2D eigenvalue weighted by Crippen LogP contribution is -2.47. The van der Waals surface area contributed by atoms with Crippen molar-refractivity contribution in [3.05, 3.63) is 34.2 Å². The van der Waals surface area contributed by atoms with E-state index in [1.54, 1.807) is 12.1 Å². The van der Waals surface area contributed by atoms with Crippen molar-refractivity contribution in [1.82, 2.24) is 15.2 Å². The molecule has 0 saturated heterocycles. The van der Waals surface area contributed by atoms with Crippen molar-refractivity contribution in [2.75, 3.05) is 13.1 Å². The van der Waals surface area contributed by atoms with E-state index in [-0.39, 0.29) is 11.1 Å². The zero-order chi connectivity index (χ0) is 16.6. The molecule has 0 aromatic carbocycles. The molecule has 0 fully saturated rings. The van der Waals surface area contributed by atoms with Crippen molar-refractivity contribution in [3.63, 3.8) is 0 Å². The fourth-order valence-corrected chi connectivity index (χ4v) is 2.14. The number of unbranched alkanes of at least 4 members (excludes halogenated alkanes) is 1. The van der Waals surface area contributed by atoms with Gasteiger partial charge in [0.15, 0.2) is 5.96 Å². The van der Waals surface area contributed by atoms with Gasteiger partial charge in [0.2, 0.25) is 0 Å². The van der Waals surface area contributed by atoms with Crippen LogP contribution in [0.1, 0.15) is 46.2 Å². The molecule has 2 N–H and O–H groups in total. The van der Waals surface area contributed by atoms with Gasteiger partial charge in [-0.15, -0.1) is 0 Å². The topological polar surface area (TPSA) is 58.4 Å². The van der Waals surface area contributed by atoms with Crippen LogP contribution in [0.15, 0.2) is 28.0 Å². The molecule has 1 heterocycles. The van der Waals surface area contributed by atoms with Gasteiger partial charge in [-0.3, -0.25) is 9.79 Å². The maximum Gasteiger partial charge on any atom is 0.250 e. The number of hydrogen-bond acceptors (Lipinski definition) is 2. The highest BCUT2D eigenvalue weighted by Crippen LogP contribution is 2.00. The first-order chi connectivity index (χ1) is 10.3. The quantitative estimate of drug-likeness (QED) is 0.482. The van der Waals surface area contributed by atoms with E-state index in [1.165, 1.54) is 0 Å². The molecule has 5 nitrogen and oxygen atoms in total. The third-order valence-corrected chi connectivity index (χ3v) is 3.17. The smallest absolute Gasteiger partial charge is 0.250 e. The van der Waals surface area contributed by atoms with Gasteiger partial charge in [-0.25, -0.2) is 0 Å². The van der Waals surface area contributed by atoms with Gasteiger partial charge in [0.25, 0.3) is 5.56 Å². The van der Waals surface area contributed by atoms with E-state index in [9.17, 15) is 4.79 Å². The van der Waals surface area contributed by atoms with E-state index < -0.39 is 0 Å². The lowest BCUT2D eigenvalue weighted by atomic mass is 10.1. The molecule has 1 aromatic rings. The summed E-state index contributed by atoms with van der Waals surface area (Å²) < 4.78 is 1.82. The average Bonchev–Trinajstić information content (AvgIpc) is 2.39. The first kappa shape index (κ1) is 18.3. The van der Waals surface area contributed by atoms with Crippen molar-refractivity contribution < 1.29 is 0 Å². The van der Waals surface area contributed by atoms with E-state index in [1.807, 2.05) is 17.6 Å². The molecule has 0 saturated carbocycles. The Morgan fingerprint density at radius 1 is 1.27 bits per heavy atom. The molecule has 0 spiro atoms. The molecule has 0 aliphatic heterocycles. The minimum Gasteiger partial charge on any atom is -0.357 e. The Labute approximate surface area is 133 Å². The van der Waals surface area contributed by atoms with Crippen molar-refractivity contribution in [1.29, 1.82) is 0 Å². The second kappa shape index (κ2) is 8.61. The van der Waals surface area contributed by atoms with Crippen LogP contribution in [0.2, 0.25) is 0 Å². The van der Waals surface area contributed by atoms with Crippen LogP contribution in [-0.4, -0.2) is 29.2 Å². The first-order valence-electron chi connectivity index (χ1n) is 8.06. The molecule has 0 unspecified atom stereocenters. The number of rotatable bonds is 6. The third-order valence-electron chi connectivity index (χ3n) is 3.17. The molecule has 5 heteroatoms. The summed E-state index contributed by atoms with van der Waals surface area (Å²) in [6.45, 7) is 12.7. The molecule has 0 aliphatic carbocycles. The number of aryl methyl sites for hydroxylation is 1. The average molecular weight is 306 g/mol. The van der Waals surface area contributed by atoms with Crippen molar-refractivity contribution >= 4 is 5.96 Å². The van der Waals surface area contributed by atoms with Crippen LogP contribution in [-0.2, 0) is 6.54 Å². The minimum absolute atomic E-state index is 0.00450. The van der Waals surface area contributed by atoms with Crippen molar-refractivity contribution in [3.8, 4) is 0 Å². The zero-order valence-corrected chi connectivity index (χ0v) is 14.6. The van der Waals surface area contributed by atoms with Gasteiger partial charge in [0, 0.05) is 36.9 Å². The van der Waals surface area contributed by atoms with Gasteiger partial charge >= 0.3 is 0 Å². The summed E-state index contributed by atoms with van der Waals surface area (Å²) in [4.78, 5) is 16.4. The lowest BCUT2D eigenvalue weighted by molar-refractivity contribution is 0.500. The maximum atomic E-state index is 11.8. The van der Waals surface area contributed by atoms with Crippen LogP contribution >= 0.6 is 0 Å². The molecule has 124 valence electrons. The second-order valence-corrected chi connectivity index (χ2v) is 6.50. The van der Waals surface area contributed by atoms with Crippen LogP contribution in [0.4, 0.5) is 0 Å². The highest BCUT2D eigenvalue weighted by Gasteiger charge is 2.11. The summed E-state index contributed by atoms with van der Waals surface area (Å²) >= 11 is 0. The maximum absolute atomic E-state index is 11.8. The van der Waals surface area contributed by atoms with Gasteiger partial charge in [0.1, 0.15) is 0 Å². The van der Waals surface area contributed by atoms with E-state index in [4.69, 9.17) is 0 Å². The number of aliphatic imine (C=N–C) groups is 1. The Morgan fingerprint density at radius 3 is 2.59 bits per heavy atom. The first-order valence-corrected chi connectivity index (χ1v) is 8.06. The standard InChI is InChI=1S/C17H30N4O/c1-6-18-16(20-17(3,4)5)19-12-7-8-13-21-14(2)10-9-11-15(21)22/h9-11H,6-8,12-13H2,1-5H3,(H2,18,19,20). The van der Waals surface area contributed by atoms with E-state index in [2.05, 4.69) is 43.3 Å². The largest absolute Gasteiger partial charge is 0.357 e. The second-order valence-electron chi connectivity index (χ2n) is 6.50. The van der Waals surface area contributed by atoms with Gasteiger partial charge in [0.05, 0.1) is 0 Å². The molecular weight excluding hydrogens is 276 g/mol. The van der Waals surface area contributed by atoms with Crippen LogP contribution < -0.4 is 16.2 Å². The van der Waals surface area contributed by atoms with Crippen LogP contribution in [0, 0.1) is 6.92 Å². The number of nitrogens with one attached hydrogen (secondary N) is 2. The number of guanidine groups is 1. The summed E-state index contributed by atoms with van der Waals surface area (Å²) in [6.07, 6.45) is 1.91. The number of aromatic nitrogens is 1. The Morgan fingerprint density at radius 2 is 2.00 bits per heavy atom. The summed E-state index contributed by atoms with van der Waals surface area (Å²) in [5.41, 5.74) is 1.08. The van der Waals surface area contributed by atoms with Gasteiger partial charge < -0.3 is 15.2 Å². The summed E-state index contributed by atoms with van der Waals surface area (Å²) in [5.74, 6) is 0.850. The predicted octanol–water partition coefficient (Wildman–Crippen LogP) is 2.29. The number of hydrogen-bond donors (Lipinski definition) is 2. The molecular formula is C17H30N4O. The molecule has 0 bridgehead atoms. The third kappa shape index (κ3) is 6.78. The van der Waals surface area contributed by atoms with Crippen molar-refractivity contribution in [2.45, 2.75) is 59.5 Å². The Balaban J connectivity index is 2.45. The van der Waals surface area contributed by atoms with E-state index in [0.717, 1.165) is 44.1 Å². The fraction of sp³-hybridized carbons (Fsp3) is 0.647. The molecule has 0 atom stereocenters. The monoisotopic (exact) mass is 306 g/mol. The van der Waals surface area contributed by atoms with Crippen LogP contribution in [0.3, 0.4) is 0 Å². The van der Waals surface area contributed by atoms with Gasteiger partial charge in [-0.05, 0) is 53.5 Å². The van der Waals surface area contributed by atoms with E-state index >= 15 is 0 Å². The summed E-state index contributed by atoms with van der Waals surface area (Å²) in [6, 6.07) is 5.39. The van der Waals surface area contributed by atoms with Crippen LogP contribution in [0.25, 0.3) is 0 Å². The molecule has 1 rings (SSSR count). The molecule has 0 aliphatic rings. The highest BCUT2D eigenvalue weighted by molar-refractivity contribution is 5.80. The normalized spacial score (nSPS) is 12.3.